The number of nitrogens with zero attached hydrogens (tertiary/aromatic N) is 3. The molecule has 0 aliphatic carbocycles. The van der Waals surface area contributed by atoms with Gasteiger partial charge in [0.25, 0.3) is 0 Å². The van der Waals surface area contributed by atoms with E-state index in [2.05, 4.69) is 15.0 Å². The van der Waals surface area contributed by atoms with Gasteiger partial charge in [-0.3, -0.25) is 9.98 Å². The second kappa shape index (κ2) is 3.09. The lowest BCUT2D eigenvalue weighted by Crippen LogP contribution is -1.97. The van der Waals surface area contributed by atoms with Crippen LogP contribution < -0.4 is 0 Å². The maximum absolute atomic E-state index is 4.35. The Morgan fingerprint density at radius 1 is 1.31 bits per heavy atom. The van der Waals surface area contributed by atoms with Crippen LogP contribution in [0.1, 0.15) is 18.3 Å². The van der Waals surface area contributed by atoms with Gasteiger partial charge in [0.1, 0.15) is 5.69 Å². The molecular weight excluding hydrogens is 162 g/mol. The van der Waals surface area contributed by atoms with E-state index in [1.165, 1.54) is 0 Å². The molecular formula is C10H11N3. The third kappa shape index (κ3) is 1.64. The topological polar surface area (TPSA) is 37.6 Å². The quantitative estimate of drug-likeness (QED) is 0.590. The third-order valence-electron chi connectivity index (χ3n) is 1.90. The van der Waals surface area contributed by atoms with Gasteiger partial charge in [-0.05, 0) is 26.0 Å². The summed E-state index contributed by atoms with van der Waals surface area (Å²) in [5.74, 6) is 0. The van der Waals surface area contributed by atoms with Crippen LogP contribution in [0.5, 0.6) is 0 Å². The minimum absolute atomic E-state index is 0.148. The van der Waals surface area contributed by atoms with E-state index in [1.807, 2.05) is 32.2 Å². The van der Waals surface area contributed by atoms with Crippen LogP contribution >= 0.6 is 0 Å². The Bertz CT molecular complexity index is 380. The van der Waals surface area contributed by atoms with Crippen LogP contribution in [-0.4, -0.2) is 23.5 Å². The summed E-state index contributed by atoms with van der Waals surface area (Å²) < 4.78 is 0. The van der Waals surface area contributed by atoms with E-state index in [1.54, 1.807) is 6.21 Å². The highest BCUT2D eigenvalue weighted by atomic mass is 14.9. The van der Waals surface area contributed by atoms with Crippen molar-refractivity contribution < 1.29 is 0 Å². The zero-order chi connectivity index (χ0) is 9.26. The first kappa shape index (κ1) is 8.10. The monoisotopic (exact) mass is 173 g/mol. The van der Waals surface area contributed by atoms with E-state index in [0.29, 0.717) is 0 Å². The molecule has 1 aliphatic heterocycles. The molecule has 0 spiro atoms. The number of hydrogen-bond donors (Lipinski definition) is 0. The molecule has 13 heavy (non-hydrogen) atoms. The second-order valence-electron chi connectivity index (χ2n) is 3.15. The van der Waals surface area contributed by atoms with Crippen LogP contribution in [0.25, 0.3) is 0 Å². The highest BCUT2D eigenvalue weighted by Gasteiger charge is 2.04. The lowest BCUT2D eigenvalue weighted by atomic mass is 10.3. The van der Waals surface area contributed by atoms with E-state index in [4.69, 9.17) is 0 Å². The van der Waals surface area contributed by atoms with Gasteiger partial charge in [0.2, 0.25) is 0 Å². The summed E-state index contributed by atoms with van der Waals surface area (Å²) in [6.07, 6.45) is 3.62. The summed E-state index contributed by atoms with van der Waals surface area (Å²) in [7, 11) is 0. The van der Waals surface area contributed by atoms with Crippen LogP contribution in [0.3, 0.4) is 0 Å². The number of pyridine rings is 1. The number of aromatic nitrogens is 1. The van der Waals surface area contributed by atoms with Crippen molar-refractivity contribution in [1.29, 1.82) is 0 Å². The van der Waals surface area contributed by atoms with E-state index in [9.17, 15) is 0 Å². The molecule has 3 nitrogen and oxygen atoms in total. The molecule has 0 amide bonds. The van der Waals surface area contributed by atoms with Crippen molar-refractivity contribution in [2.24, 2.45) is 9.98 Å². The molecule has 1 unspecified atom stereocenters. The largest absolute Gasteiger partial charge is 0.282 e. The molecule has 0 fully saturated rings. The fourth-order valence-corrected chi connectivity index (χ4v) is 1.19. The predicted molar refractivity (Wildman–Crippen MR) is 54.2 cm³/mol. The van der Waals surface area contributed by atoms with E-state index >= 15 is 0 Å². The van der Waals surface area contributed by atoms with Crippen LogP contribution in [0.2, 0.25) is 0 Å². The lowest BCUT2D eigenvalue weighted by molar-refractivity contribution is 1.01. The van der Waals surface area contributed by atoms with E-state index < -0.39 is 0 Å². The molecule has 2 rings (SSSR count). The van der Waals surface area contributed by atoms with Gasteiger partial charge < -0.3 is 0 Å². The molecule has 0 N–H and O–H groups in total. The Morgan fingerprint density at radius 3 is 3.00 bits per heavy atom. The van der Waals surface area contributed by atoms with Gasteiger partial charge in [-0.1, -0.05) is 0 Å². The Kier molecular flexibility index (Phi) is 1.93. The van der Waals surface area contributed by atoms with Gasteiger partial charge in [-0.2, -0.15) is 0 Å². The minimum Gasteiger partial charge on any atom is -0.282 e. The Balaban J connectivity index is 2.53. The summed E-state index contributed by atoms with van der Waals surface area (Å²) in [6.45, 7) is 3.96. The van der Waals surface area contributed by atoms with Crippen LogP contribution in [-0.2, 0) is 0 Å². The predicted octanol–water partition coefficient (Wildman–Crippen LogP) is 1.91. The van der Waals surface area contributed by atoms with Gasteiger partial charge in [-0.25, -0.2) is 4.98 Å². The van der Waals surface area contributed by atoms with Crippen LogP contribution in [0.4, 0.5) is 5.69 Å². The zero-order valence-corrected chi connectivity index (χ0v) is 7.73. The first-order valence-corrected chi connectivity index (χ1v) is 4.31. The molecule has 0 saturated heterocycles. The molecule has 1 atom stereocenters. The molecule has 2 heterocycles. The average Bonchev–Trinajstić information content (AvgIpc) is 2.29. The molecule has 1 aromatic heterocycles. The number of aryl methyl sites for hydroxylation is 1. The number of fused-ring (bicyclic) bond motifs is 1. The first-order valence-electron chi connectivity index (χ1n) is 4.31. The van der Waals surface area contributed by atoms with Crippen molar-refractivity contribution in [2.75, 3.05) is 0 Å². The van der Waals surface area contributed by atoms with Crippen molar-refractivity contribution >= 4 is 18.1 Å². The fraction of sp³-hybridized carbons (Fsp3) is 0.300. The molecule has 0 saturated carbocycles. The van der Waals surface area contributed by atoms with Crippen LogP contribution in [0.15, 0.2) is 22.1 Å². The summed E-state index contributed by atoms with van der Waals surface area (Å²) in [5, 5.41) is 0. The van der Waals surface area contributed by atoms with Gasteiger partial charge in [0.15, 0.2) is 0 Å². The summed E-state index contributed by atoms with van der Waals surface area (Å²) in [6, 6.07) is 4.08. The Hall–Kier alpha value is -1.51. The van der Waals surface area contributed by atoms with Gasteiger partial charge in [0.05, 0.1) is 11.7 Å². The molecule has 3 heteroatoms. The number of rotatable bonds is 0. The second-order valence-corrected chi connectivity index (χ2v) is 3.15. The molecule has 0 bridgehead atoms. The first-order chi connectivity index (χ1) is 6.25. The summed E-state index contributed by atoms with van der Waals surface area (Å²) in [5.41, 5.74) is 2.76. The molecule has 0 radical (unpaired) electrons. The molecule has 1 aliphatic rings. The standard InChI is InChI=1S/C10H11N3/c1-7-3-4-9-10(13-7)6-11-8(2)5-12-9/h3-6,8H,1-2H3. The van der Waals surface area contributed by atoms with Crippen molar-refractivity contribution in [1.82, 2.24) is 4.98 Å². The SMILES string of the molecule is Cc1ccc2c(n1)C=NC(C)C=N2. The normalized spacial score (nSPS) is 19.7. The fourth-order valence-electron chi connectivity index (χ4n) is 1.19. The van der Waals surface area contributed by atoms with Crippen molar-refractivity contribution in [2.45, 2.75) is 19.9 Å². The molecule has 1 aromatic rings. The van der Waals surface area contributed by atoms with Crippen molar-refractivity contribution in [3.63, 3.8) is 0 Å². The van der Waals surface area contributed by atoms with Gasteiger partial charge in [-0.15, -0.1) is 0 Å². The lowest BCUT2D eigenvalue weighted by Gasteiger charge is -1.97. The third-order valence-corrected chi connectivity index (χ3v) is 1.90. The van der Waals surface area contributed by atoms with E-state index in [0.717, 1.165) is 17.1 Å². The van der Waals surface area contributed by atoms with Crippen molar-refractivity contribution in [3.8, 4) is 0 Å². The van der Waals surface area contributed by atoms with E-state index in [-0.39, 0.29) is 6.04 Å². The van der Waals surface area contributed by atoms with Crippen LogP contribution in [0, 0.1) is 6.92 Å². The molecule has 66 valence electrons. The average molecular weight is 173 g/mol. The highest BCUT2D eigenvalue weighted by Crippen LogP contribution is 2.17. The number of aliphatic imine (C=N–C) groups is 2. The minimum atomic E-state index is 0.148. The van der Waals surface area contributed by atoms with Gasteiger partial charge >= 0.3 is 0 Å². The Labute approximate surface area is 77.3 Å². The maximum atomic E-state index is 4.35. The van der Waals surface area contributed by atoms with Gasteiger partial charge in [0, 0.05) is 18.1 Å². The van der Waals surface area contributed by atoms with Crippen molar-refractivity contribution in [3.05, 3.63) is 23.5 Å². The molecule has 0 aromatic carbocycles. The smallest absolute Gasteiger partial charge is 0.107 e. The Morgan fingerprint density at radius 2 is 2.15 bits per heavy atom. The zero-order valence-electron chi connectivity index (χ0n) is 7.73. The maximum Gasteiger partial charge on any atom is 0.107 e. The summed E-state index contributed by atoms with van der Waals surface area (Å²) >= 11 is 0. The highest BCUT2D eigenvalue weighted by molar-refractivity contribution is 5.89. The number of hydrogen-bond acceptors (Lipinski definition) is 3. The summed E-state index contributed by atoms with van der Waals surface area (Å²) in [4.78, 5) is 12.9.